The summed E-state index contributed by atoms with van der Waals surface area (Å²) in [7, 11) is 0. The van der Waals surface area contributed by atoms with Gasteiger partial charge in [0.05, 0.1) is 5.69 Å². The zero-order valence-corrected chi connectivity index (χ0v) is 16.5. The Hall–Kier alpha value is -1.02. The molecular weight excluding hydrogens is 458 g/mol. The monoisotopic (exact) mass is 467 g/mol. The Bertz CT molecular complexity index is 777. The van der Waals surface area contributed by atoms with Crippen LogP contribution < -0.4 is 5.73 Å². The predicted octanol–water partition coefficient (Wildman–Crippen LogP) is 5.89. The second kappa shape index (κ2) is 7.70. The fraction of sp³-hybridized carbons (Fsp3) is 0. The van der Waals surface area contributed by atoms with Gasteiger partial charge in [0.15, 0.2) is 0 Å². The standard InChI is InChI=1S/C16H11Br2N3S2/c17-10-5-1-3-7-12(10)22-15-14(19)16(21-9-20-15)23-13-8-4-2-6-11(13)18/h1-9H,19H2. The van der Waals surface area contributed by atoms with Crippen LogP contribution in [0.4, 0.5) is 5.69 Å². The number of nitrogen functional groups attached to an aromatic ring is 1. The van der Waals surface area contributed by atoms with Crippen LogP contribution in [0.15, 0.2) is 83.6 Å². The highest BCUT2D eigenvalue weighted by Crippen LogP contribution is 2.40. The molecule has 23 heavy (non-hydrogen) atoms. The maximum absolute atomic E-state index is 6.28. The minimum Gasteiger partial charge on any atom is -0.394 e. The van der Waals surface area contributed by atoms with Gasteiger partial charge in [-0.3, -0.25) is 0 Å². The van der Waals surface area contributed by atoms with Crippen molar-refractivity contribution in [2.75, 3.05) is 5.73 Å². The van der Waals surface area contributed by atoms with E-state index in [0.29, 0.717) is 5.69 Å². The normalized spacial score (nSPS) is 10.7. The summed E-state index contributed by atoms with van der Waals surface area (Å²) in [4.78, 5) is 10.8. The van der Waals surface area contributed by atoms with Crippen LogP contribution in [0.25, 0.3) is 0 Å². The number of halogens is 2. The van der Waals surface area contributed by atoms with E-state index in [0.717, 1.165) is 28.8 Å². The molecule has 0 aliphatic heterocycles. The van der Waals surface area contributed by atoms with Gasteiger partial charge in [-0.05, 0) is 56.1 Å². The summed E-state index contributed by atoms with van der Waals surface area (Å²) < 4.78 is 2.03. The Morgan fingerprint density at radius 3 is 1.61 bits per heavy atom. The Morgan fingerprint density at radius 2 is 1.17 bits per heavy atom. The fourth-order valence-electron chi connectivity index (χ4n) is 1.79. The molecule has 0 unspecified atom stereocenters. The Labute approximate surface area is 159 Å². The van der Waals surface area contributed by atoms with Gasteiger partial charge in [0.1, 0.15) is 16.4 Å². The fourth-order valence-corrected chi connectivity index (χ4v) is 4.56. The van der Waals surface area contributed by atoms with Crippen molar-refractivity contribution in [3.63, 3.8) is 0 Å². The van der Waals surface area contributed by atoms with E-state index in [-0.39, 0.29) is 0 Å². The first kappa shape index (κ1) is 16.8. The van der Waals surface area contributed by atoms with Crippen LogP contribution in [0.3, 0.4) is 0 Å². The molecule has 2 aromatic carbocycles. The van der Waals surface area contributed by atoms with Gasteiger partial charge in [-0.2, -0.15) is 0 Å². The van der Waals surface area contributed by atoms with Crippen molar-refractivity contribution in [1.29, 1.82) is 0 Å². The number of nitrogens with two attached hydrogens (primary N) is 1. The zero-order chi connectivity index (χ0) is 16.2. The van der Waals surface area contributed by atoms with E-state index in [1.807, 2.05) is 48.5 Å². The van der Waals surface area contributed by atoms with E-state index in [1.165, 1.54) is 23.5 Å². The summed E-state index contributed by atoms with van der Waals surface area (Å²) in [5.74, 6) is 0. The quantitative estimate of drug-likeness (QED) is 0.484. The third-order valence-electron chi connectivity index (χ3n) is 2.90. The number of hydrogen-bond donors (Lipinski definition) is 1. The summed E-state index contributed by atoms with van der Waals surface area (Å²) in [5, 5.41) is 1.50. The third-order valence-corrected chi connectivity index (χ3v) is 6.99. The van der Waals surface area contributed by atoms with Crippen molar-refractivity contribution in [1.82, 2.24) is 9.97 Å². The summed E-state index contributed by atoms with van der Waals surface area (Å²) in [6, 6.07) is 16.0. The molecule has 0 amide bonds. The number of hydrogen-bond acceptors (Lipinski definition) is 5. The topological polar surface area (TPSA) is 51.8 Å². The average Bonchev–Trinajstić information content (AvgIpc) is 2.55. The van der Waals surface area contributed by atoms with Gasteiger partial charge in [-0.1, -0.05) is 47.8 Å². The van der Waals surface area contributed by atoms with Crippen molar-refractivity contribution in [2.45, 2.75) is 19.8 Å². The molecule has 7 heteroatoms. The minimum atomic E-state index is 0.592. The van der Waals surface area contributed by atoms with Crippen LogP contribution in [-0.4, -0.2) is 9.97 Å². The Morgan fingerprint density at radius 1 is 0.739 bits per heavy atom. The van der Waals surface area contributed by atoms with Crippen molar-refractivity contribution in [2.24, 2.45) is 0 Å². The van der Waals surface area contributed by atoms with Crippen LogP contribution in [0, 0.1) is 0 Å². The van der Waals surface area contributed by atoms with Gasteiger partial charge in [-0.15, -0.1) is 0 Å². The molecule has 3 rings (SSSR count). The third kappa shape index (κ3) is 4.09. The van der Waals surface area contributed by atoms with Gasteiger partial charge < -0.3 is 5.73 Å². The second-order valence-corrected chi connectivity index (χ2v) is 8.23. The Balaban J connectivity index is 1.90. The molecule has 0 aliphatic carbocycles. The van der Waals surface area contributed by atoms with Crippen LogP contribution in [0.1, 0.15) is 0 Å². The summed E-state index contributed by atoms with van der Waals surface area (Å²) >= 11 is 10.1. The van der Waals surface area contributed by atoms with Crippen LogP contribution in [-0.2, 0) is 0 Å². The lowest BCUT2D eigenvalue weighted by Crippen LogP contribution is -1.97. The molecule has 116 valence electrons. The number of benzene rings is 2. The predicted molar refractivity (Wildman–Crippen MR) is 103 cm³/mol. The largest absolute Gasteiger partial charge is 0.394 e. The molecule has 0 saturated carbocycles. The van der Waals surface area contributed by atoms with Gasteiger partial charge in [-0.25, -0.2) is 9.97 Å². The molecule has 3 aromatic rings. The van der Waals surface area contributed by atoms with Gasteiger partial charge in [0.25, 0.3) is 0 Å². The lowest BCUT2D eigenvalue weighted by atomic mass is 10.4. The van der Waals surface area contributed by atoms with Gasteiger partial charge >= 0.3 is 0 Å². The van der Waals surface area contributed by atoms with Crippen molar-refractivity contribution < 1.29 is 0 Å². The minimum absolute atomic E-state index is 0.592. The molecule has 1 aromatic heterocycles. The number of rotatable bonds is 4. The first-order valence-electron chi connectivity index (χ1n) is 6.60. The molecule has 2 N–H and O–H groups in total. The van der Waals surface area contributed by atoms with E-state index in [4.69, 9.17) is 5.73 Å². The highest BCUT2D eigenvalue weighted by Gasteiger charge is 2.13. The van der Waals surface area contributed by atoms with E-state index in [2.05, 4.69) is 41.8 Å². The van der Waals surface area contributed by atoms with Crippen LogP contribution in [0.2, 0.25) is 0 Å². The summed E-state index contributed by atoms with van der Waals surface area (Å²) in [6.07, 6.45) is 1.55. The van der Waals surface area contributed by atoms with E-state index < -0.39 is 0 Å². The smallest absolute Gasteiger partial charge is 0.128 e. The first-order chi connectivity index (χ1) is 11.1. The molecule has 0 saturated heterocycles. The van der Waals surface area contributed by atoms with Gasteiger partial charge in [0.2, 0.25) is 0 Å². The highest BCUT2D eigenvalue weighted by atomic mass is 79.9. The highest BCUT2D eigenvalue weighted by molar-refractivity contribution is 9.10. The van der Waals surface area contributed by atoms with Gasteiger partial charge in [0, 0.05) is 18.7 Å². The lowest BCUT2D eigenvalue weighted by Gasteiger charge is -2.10. The molecule has 1 heterocycles. The first-order valence-corrected chi connectivity index (χ1v) is 9.82. The summed E-state index contributed by atoms with van der Waals surface area (Å²) in [6.45, 7) is 0. The number of aromatic nitrogens is 2. The molecule has 0 atom stereocenters. The second-order valence-electron chi connectivity index (χ2n) is 4.46. The molecular formula is C16H11Br2N3S2. The van der Waals surface area contributed by atoms with Crippen LogP contribution >= 0.6 is 55.4 Å². The molecule has 0 bridgehead atoms. The van der Waals surface area contributed by atoms with E-state index >= 15 is 0 Å². The van der Waals surface area contributed by atoms with Crippen molar-refractivity contribution in [3.05, 3.63) is 63.8 Å². The van der Waals surface area contributed by atoms with Crippen LogP contribution in [0.5, 0.6) is 0 Å². The maximum Gasteiger partial charge on any atom is 0.128 e. The average molecular weight is 469 g/mol. The zero-order valence-electron chi connectivity index (χ0n) is 11.7. The number of nitrogens with zero attached hydrogens (tertiary/aromatic N) is 2. The SMILES string of the molecule is Nc1c(Sc2ccccc2Br)ncnc1Sc1ccccc1Br. The number of anilines is 1. The maximum atomic E-state index is 6.28. The van der Waals surface area contributed by atoms with E-state index in [9.17, 15) is 0 Å². The van der Waals surface area contributed by atoms with E-state index in [1.54, 1.807) is 6.33 Å². The molecule has 3 nitrogen and oxygen atoms in total. The molecule has 0 aliphatic rings. The Kier molecular flexibility index (Phi) is 5.63. The summed E-state index contributed by atoms with van der Waals surface area (Å²) in [5.41, 5.74) is 6.87. The molecule has 0 fully saturated rings. The molecule has 0 radical (unpaired) electrons. The molecule has 0 spiro atoms. The van der Waals surface area contributed by atoms with Crippen molar-refractivity contribution in [3.8, 4) is 0 Å². The lowest BCUT2D eigenvalue weighted by molar-refractivity contribution is 0.975. The van der Waals surface area contributed by atoms with Crippen molar-refractivity contribution >= 4 is 61.1 Å².